The maximum Gasteiger partial charge on any atom is 0.321 e. The number of rotatable bonds is 6. The second-order valence-electron chi connectivity index (χ2n) is 6.93. The third-order valence-electron chi connectivity index (χ3n) is 4.32. The van der Waals surface area contributed by atoms with Gasteiger partial charge in [-0.25, -0.2) is 14.8 Å². The van der Waals surface area contributed by atoms with Gasteiger partial charge in [-0.15, -0.1) is 11.3 Å². The van der Waals surface area contributed by atoms with Gasteiger partial charge in [0.05, 0.1) is 18.3 Å². The molecule has 0 radical (unpaired) electrons. The van der Waals surface area contributed by atoms with Crippen LogP contribution in [-0.2, 0) is 7.05 Å². The molecule has 0 spiro atoms. The number of thiazole rings is 1. The molecule has 3 rings (SSSR count). The van der Waals surface area contributed by atoms with Gasteiger partial charge in [0.25, 0.3) is 0 Å². The Balaban J connectivity index is 1.71. The Kier molecular flexibility index (Phi) is 4.60. The summed E-state index contributed by atoms with van der Waals surface area (Å²) < 4.78 is 1.84. The summed E-state index contributed by atoms with van der Waals surface area (Å²) in [6.45, 7) is 3.70. The number of carbonyl (C=O) groups is 1. The third kappa shape index (κ3) is 3.59. The van der Waals surface area contributed by atoms with E-state index in [-0.39, 0.29) is 12.6 Å². The Bertz CT molecular complexity index is 720. The van der Waals surface area contributed by atoms with Crippen LogP contribution in [0.3, 0.4) is 0 Å². The number of aliphatic hydroxyl groups excluding tert-OH is 1. The summed E-state index contributed by atoms with van der Waals surface area (Å²) in [5, 5.41) is 18.0. The average molecular weight is 349 g/mol. The molecule has 24 heavy (non-hydrogen) atoms. The molecule has 0 aromatic carbocycles. The predicted octanol–water partition coefficient (Wildman–Crippen LogP) is 2.64. The number of aryl methyl sites for hydroxylation is 1. The van der Waals surface area contributed by atoms with Crippen LogP contribution in [0.15, 0.2) is 17.8 Å². The highest BCUT2D eigenvalue weighted by Gasteiger charge is 2.34. The number of imidazole rings is 1. The Morgan fingerprint density at radius 3 is 2.88 bits per heavy atom. The molecule has 8 heteroatoms. The van der Waals surface area contributed by atoms with Crippen molar-refractivity contribution in [3.8, 4) is 0 Å². The Morgan fingerprint density at radius 1 is 1.54 bits per heavy atom. The number of hydrogen-bond donors (Lipinski definition) is 3. The Labute approximate surface area is 145 Å². The zero-order valence-corrected chi connectivity index (χ0v) is 14.9. The number of urea groups is 1. The molecule has 1 aliphatic rings. The molecule has 0 aliphatic heterocycles. The molecular formula is C16H23N5O2S. The van der Waals surface area contributed by atoms with Gasteiger partial charge in [-0.05, 0) is 12.8 Å². The van der Waals surface area contributed by atoms with E-state index in [0.29, 0.717) is 16.9 Å². The highest BCUT2D eigenvalue weighted by atomic mass is 32.1. The number of anilines is 1. The van der Waals surface area contributed by atoms with Crippen LogP contribution in [0.5, 0.6) is 0 Å². The molecule has 1 atom stereocenters. The van der Waals surface area contributed by atoms with E-state index in [2.05, 4.69) is 20.6 Å². The van der Waals surface area contributed by atoms with Crippen molar-refractivity contribution in [1.82, 2.24) is 19.9 Å². The first-order valence-corrected chi connectivity index (χ1v) is 8.89. The molecule has 1 aliphatic carbocycles. The predicted molar refractivity (Wildman–Crippen MR) is 93.1 cm³/mol. The first kappa shape index (κ1) is 16.9. The molecule has 3 N–H and O–H groups in total. The summed E-state index contributed by atoms with van der Waals surface area (Å²) in [6, 6.07) is -0.772. The van der Waals surface area contributed by atoms with E-state index >= 15 is 0 Å². The smallest absolute Gasteiger partial charge is 0.321 e. The molecule has 0 saturated heterocycles. The van der Waals surface area contributed by atoms with Crippen molar-refractivity contribution < 1.29 is 9.90 Å². The number of carbonyl (C=O) groups excluding carboxylic acids is 1. The van der Waals surface area contributed by atoms with Crippen LogP contribution in [0.2, 0.25) is 0 Å². The van der Waals surface area contributed by atoms with Crippen molar-refractivity contribution >= 4 is 22.5 Å². The number of nitrogens with one attached hydrogen (secondary N) is 2. The van der Waals surface area contributed by atoms with E-state index < -0.39 is 11.5 Å². The van der Waals surface area contributed by atoms with Crippen LogP contribution in [0, 0.1) is 5.41 Å². The van der Waals surface area contributed by atoms with Gasteiger partial charge in [0.2, 0.25) is 0 Å². The van der Waals surface area contributed by atoms with Crippen LogP contribution in [0.4, 0.5) is 9.93 Å². The summed E-state index contributed by atoms with van der Waals surface area (Å²) in [4.78, 5) is 21.2. The van der Waals surface area contributed by atoms with Gasteiger partial charge in [0.15, 0.2) is 5.13 Å². The highest BCUT2D eigenvalue weighted by molar-refractivity contribution is 7.13. The van der Waals surface area contributed by atoms with Crippen LogP contribution in [0.1, 0.15) is 50.2 Å². The summed E-state index contributed by atoms with van der Waals surface area (Å²) in [6.07, 6.45) is 5.86. The maximum atomic E-state index is 12.4. The Hall–Kier alpha value is -1.93. The van der Waals surface area contributed by atoms with E-state index in [4.69, 9.17) is 0 Å². The second kappa shape index (κ2) is 6.52. The van der Waals surface area contributed by atoms with E-state index in [1.54, 1.807) is 6.20 Å². The molecule has 1 saturated carbocycles. The van der Waals surface area contributed by atoms with Crippen molar-refractivity contribution in [3.05, 3.63) is 29.3 Å². The molecule has 130 valence electrons. The van der Waals surface area contributed by atoms with Crippen molar-refractivity contribution in [2.75, 3.05) is 11.9 Å². The van der Waals surface area contributed by atoms with Crippen molar-refractivity contribution in [3.63, 3.8) is 0 Å². The zero-order valence-electron chi connectivity index (χ0n) is 14.1. The number of hydrogen-bond acceptors (Lipinski definition) is 5. The third-order valence-corrected chi connectivity index (χ3v) is 5.10. The molecule has 2 amide bonds. The second-order valence-corrected chi connectivity index (χ2v) is 7.78. The van der Waals surface area contributed by atoms with Gasteiger partial charge >= 0.3 is 6.03 Å². The molecular weight excluding hydrogens is 326 g/mol. The van der Waals surface area contributed by atoms with Crippen LogP contribution in [0.25, 0.3) is 0 Å². The van der Waals surface area contributed by atoms with Gasteiger partial charge < -0.3 is 15.0 Å². The standard InChI is InChI=1S/C16H23N5O2S/c1-16(2,9-22)12(13-17-6-7-21(13)3)19-14(23)20-15-18-11(8-24-15)10-4-5-10/h6-8,10,12,22H,4-5,9H2,1-3H3,(H2,18,19,20,23). The minimum atomic E-state index is -0.557. The quantitative estimate of drug-likeness (QED) is 0.747. The lowest BCUT2D eigenvalue weighted by Gasteiger charge is -2.32. The van der Waals surface area contributed by atoms with Crippen LogP contribution < -0.4 is 10.6 Å². The lowest BCUT2D eigenvalue weighted by atomic mass is 9.84. The molecule has 2 aromatic heterocycles. The lowest BCUT2D eigenvalue weighted by molar-refractivity contribution is 0.114. The van der Waals surface area contributed by atoms with Crippen LogP contribution >= 0.6 is 11.3 Å². The lowest BCUT2D eigenvalue weighted by Crippen LogP contribution is -2.43. The van der Waals surface area contributed by atoms with E-state index in [0.717, 1.165) is 5.69 Å². The topological polar surface area (TPSA) is 92.1 Å². The van der Waals surface area contributed by atoms with Gasteiger partial charge in [-0.2, -0.15) is 0 Å². The molecule has 0 bridgehead atoms. The molecule has 2 heterocycles. The summed E-state index contributed by atoms with van der Waals surface area (Å²) in [5.74, 6) is 1.26. The van der Waals surface area contributed by atoms with E-state index in [9.17, 15) is 9.90 Å². The van der Waals surface area contributed by atoms with Crippen molar-refractivity contribution in [2.24, 2.45) is 12.5 Å². The highest BCUT2D eigenvalue weighted by Crippen LogP contribution is 2.41. The monoisotopic (exact) mass is 349 g/mol. The zero-order chi connectivity index (χ0) is 17.3. The van der Waals surface area contributed by atoms with Crippen molar-refractivity contribution in [1.29, 1.82) is 0 Å². The number of nitrogens with zero attached hydrogens (tertiary/aromatic N) is 3. The average Bonchev–Trinajstić information content (AvgIpc) is 3.15. The molecule has 1 fully saturated rings. The van der Waals surface area contributed by atoms with Gasteiger partial charge in [0, 0.05) is 36.2 Å². The largest absolute Gasteiger partial charge is 0.396 e. The number of aromatic nitrogens is 3. The fourth-order valence-corrected chi connectivity index (χ4v) is 3.32. The van der Waals surface area contributed by atoms with E-state index in [1.807, 2.05) is 37.0 Å². The molecule has 2 aromatic rings. The SMILES string of the molecule is Cn1ccnc1C(NC(=O)Nc1nc(C2CC2)cs1)C(C)(C)CO. The molecule has 7 nitrogen and oxygen atoms in total. The summed E-state index contributed by atoms with van der Waals surface area (Å²) in [5.41, 5.74) is 0.505. The molecule has 1 unspecified atom stereocenters. The first-order chi connectivity index (χ1) is 11.4. The van der Waals surface area contributed by atoms with Crippen LogP contribution in [-0.4, -0.2) is 32.3 Å². The normalized spacial score (nSPS) is 16.0. The number of aliphatic hydroxyl groups is 1. The minimum Gasteiger partial charge on any atom is -0.396 e. The summed E-state index contributed by atoms with van der Waals surface area (Å²) >= 11 is 1.43. The summed E-state index contributed by atoms with van der Waals surface area (Å²) in [7, 11) is 1.87. The number of amides is 2. The van der Waals surface area contributed by atoms with Gasteiger partial charge in [0.1, 0.15) is 5.82 Å². The van der Waals surface area contributed by atoms with E-state index in [1.165, 1.54) is 24.2 Å². The van der Waals surface area contributed by atoms with Crippen molar-refractivity contribution in [2.45, 2.75) is 38.6 Å². The Morgan fingerprint density at radius 2 is 2.29 bits per heavy atom. The first-order valence-electron chi connectivity index (χ1n) is 8.01. The fraction of sp³-hybridized carbons (Fsp3) is 0.562. The van der Waals surface area contributed by atoms with Gasteiger partial charge in [-0.1, -0.05) is 13.8 Å². The fourth-order valence-electron chi connectivity index (χ4n) is 2.53. The minimum absolute atomic E-state index is 0.0755. The maximum absolute atomic E-state index is 12.4. The van der Waals surface area contributed by atoms with Gasteiger partial charge in [-0.3, -0.25) is 5.32 Å².